The summed E-state index contributed by atoms with van der Waals surface area (Å²) in [6, 6.07) is 14.0. The van der Waals surface area contributed by atoms with Crippen LogP contribution in [0, 0.1) is 0 Å². The van der Waals surface area contributed by atoms with Gasteiger partial charge in [-0.15, -0.1) is 0 Å². The van der Waals surface area contributed by atoms with Crippen molar-refractivity contribution in [3.05, 3.63) is 58.6 Å². The predicted octanol–water partition coefficient (Wildman–Crippen LogP) is 3.50. The van der Waals surface area contributed by atoms with Crippen LogP contribution in [0.15, 0.2) is 58.1 Å². The summed E-state index contributed by atoms with van der Waals surface area (Å²) in [6.07, 6.45) is 2.04. The molecule has 23 heavy (non-hydrogen) atoms. The fraction of sp³-hybridized carbons (Fsp3) is 0.176. The van der Waals surface area contributed by atoms with Gasteiger partial charge in [0.1, 0.15) is 11.8 Å². The Morgan fingerprint density at radius 1 is 1.26 bits per heavy atom. The molecule has 2 aromatic rings. The van der Waals surface area contributed by atoms with Crippen molar-refractivity contribution in [1.82, 2.24) is 5.43 Å². The Bertz CT molecular complexity index is 686. The van der Waals surface area contributed by atoms with Crippen LogP contribution in [0.4, 0.5) is 5.69 Å². The van der Waals surface area contributed by atoms with Crippen molar-refractivity contribution in [2.24, 2.45) is 5.10 Å². The van der Waals surface area contributed by atoms with Crippen molar-refractivity contribution in [1.29, 1.82) is 0 Å². The Labute approximate surface area is 143 Å². The number of carbonyl (C=O) groups excluding carboxylic acids is 1. The van der Waals surface area contributed by atoms with Gasteiger partial charge in [0.25, 0.3) is 5.91 Å². The van der Waals surface area contributed by atoms with Gasteiger partial charge < -0.3 is 10.4 Å². The van der Waals surface area contributed by atoms with Crippen molar-refractivity contribution in [3.63, 3.8) is 0 Å². The highest BCUT2D eigenvalue weighted by atomic mass is 79.9. The van der Waals surface area contributed by atoms with E-state index in [4.69, 9.17) is 0 Å². The lowest BCUT2D eigenvalue weighted by Crippen LogP contribution is -2.36. The SMILES string of the molecule is CC[C@@H](Nc1ccc(Br)cc1)C(=O)N/N=C/c1ccccc1O. The quantitative estimate of drug-likeness (QED) is 0.534. The molecule has 0 aromatic heterocycles. The van der Waals surface area contributed by atoms with E-state index < -0.39 is 6.04 Å². The van der Waals surface area contributed by atoms with Gasteiger partial charge in [-0.25, -0.2) is 5.43 Å². The van der Waals surface area contributed by atoms with Crippen LogP contribution in [-0.4, -0.2) is 23.3 Å². The number of hydrogen-bond acceptors (Lipinski definition) is 4. The number of para-hydroxylation sites is 1. The third kappa shape index (κ3) is 5.10. The molecule has 0 fully saturated rings. The third-order valence-electron chi connectivity index (χ3n) is 3.22. The van der Waals surface area contributed by atoms with E-state index >= 15 is 0 Å². The Balaban J connectivity index is 1.95. The van der Waals surface area contributed by atoms with Gasteiger partial charge in [0.15, 0.2) is 0 Å². The van der Waals surface area contributed by atoms with Crippen LogP contribution in [-0.2, 0) is 4.79 Å². The van der Waals surface area contributed by atoms with E-state index in [1.54, 1.807) is 24.3 Å². The molecule has 0 bridgehead atoms. The van der Waals surface area contributed by atoms with Crippen molar-refractivity contribution in [3.8, 4) is 5.75 Å². The first-order valence-electron chi connectivity index (χ1n) is 7.23. The minimum Gasteiger partial charge on any atom is -0.507 e. The second-order valence-corrected chi connectivity index (χ2v) is 5.82. The minimum absolute atomic E-state index is 0.116. The average molecular weight is 376 g/mol. The van der Waals surface area contributed by atoms with Gasteiger partial charge in [-0.2, -0.15) is 5.10 Å². The van der Waals surface area contributed by atoms with E-state index in [1.165, 1.54) is 6.21 Å². The van der Waals surface area contributed by atoms with Gasteiger partial charge in [0.05, 0.1) is 6.21 Å². The zero-order valence-electron chi connectivity index (χ0n) is 12.7. The number of phenols is 1. The van der Waals surface area contributed by atoms with Crippen LogP contribution in [0.5, 0.6) is 5.75 Å². The third-order valence-corrected chi connectivity index (χ3v) is 3.75. The molecule has 2 rings (SSSR count). The number of carbonyl (C=O) groups is 1. The molecule has 2 aromatic carbocycles. The molecule has 3 N–H and O–H groups in total. The zero-order valence-corrected chi connectivity index (χ0v) is 14.2. The standard InChI is InChI=1S/C17H18BrN3O2/c1-2-15(20-14-9-7-13(18)8-10-14)17(23)21-19-11-12-5-3-4-6-16(12)22/h3-11,15,20,22H,2H2,1H3,(H,21,23)/b19-11+/t15-/m1/s1. The molecule has 0 heterocycles. The summed E-state index contributed by atoms with van der Waals surface area (Å²) in [5.74, 6) is -0.118. The lowest BCUT2D eigenvalue weighted by molar-refractivity contribution is -0.121. The number of hydrogen-bond donors (Lipinski definition) is 3. The van der Waals surface area contributed by atoms with Gasteiger partial charge in [0, 0.05) is 15.7 Å². The largest absolute Gasteiger partial charge is 0.507 e. The van der Waals surface area contributed by atoms with Crippen LogP contribution in [0.2, 0.25) is 0 Å². The van der Waals surface area contributed by atoms with E-state index in [2.05, 4.69) is 31.8 Å². The molecule has 1 amide bonds. The molecule has 6 heteroatoms. The highest BCUT2D eigenvalue weighted by Gasteiger charge is 2.15. The smallest absolute Gasteiger partial charge is 0.262 e. The average Bonchev–Trinajstić information content (AvgIpc) is 2.56. The fourth-order valence-electron chi connectivity index (χ4n) is 1.94. The normalized spacial score (nSPS) is 12.1. The number of benzene rings is 2. The van der Waals surface area contributed by atoms with Crippen molar-refractivity contribution < 1.29 is 9.90 Å². The van der Waals surface area contributed by atoms with E-state index in [0.29, 0.717) is 12.0 Å². The first kappa shape index (κ1) is 17.0. The van der Waals surface area contributed by atoms with Gasteiger partial charge in [-0.05, 0) is 42.8 Å². The number of amides is 1. The van der Waals surface area contributed by atoms with Crippen molar-refractivity contribution in [2.45, 2.75) is 19.4 Å². The number of phenolic OH excluding ortho intramolecular Hbond substituents is 1. The van der Waals surface area contributed by atoms with Gasteiger partial charge in [0.2, 0.25) is 0 Å². The Kier molecular flexibility index (Phi) is 6.17. The maximum absolute atomic E-state index is 12.2. The summed E-state index contributed by atoms with van der Waals surface area (Å²) in [6.45, 7) is 1.92. The monoisotopic (exact) mass is 375 g/mol. The number of anilines is 1. The van der Waals surface area contributed by atoms with E-state index in [-0.39, 0.29) is 11.7 Å². The topological polar surface area (TPSA) is 73.7 Å². The number of halogens is 1. The van der Waals surface area contributed by atoms with Crippen molar-refractivity contribution in [2.75, 3.05) is 5.32 Å². The van der Waals surface area contributed by atoms with Crippen LogP contribution < -0.4 is 10.7 Å². The molecule has 0 spiro atoms. The molecule has 0 aliphatic carbocycles. The van der Waals surface area contributed by atoms with E-state index in [9.17, 15) is 9.90 Å². The minimum atomic E-state index is -0.391. The number of rotatable bonds is 6. The lowest BCUT2D eigenvalue weighted by atomic mass is 10.2. The van der Waals surface area contributed by atoms with Crippen LogP contribution in [0.25, 0.3) is 0 Å². The lowest BCUT2D eigenvalue weighted by Gasteiger charge is -2.16. The molecule has 5 nitrogen and oxygen atoms in total. The number of aromatic hydroxyl groups is 1. The highest BCUT2D eigenvalue weighted by molar-refractivity contribution is 9.10. The molecule has 0 saturated carbocycles. The molecule has 0 saturated heterocycles. The van der Waals surface area contributed by atoms with Crippen LogP contribution in [0.1, 0.15) is 18.9 Å². The van der Waals surface area contributed by atoms with Gasteiger partial charge in [-0.3, -0.25) is 4.79 Å². The summed E-state index contributed by atoms with van der Waals surface area (Å²) in [4.78, 5) is 12.2. The summed E-state index contributed by atoms with van der Waals surface area (Å²) in [5.41, 5.74) is 3.89. The second-order valence-electron chi connectivity index (χ2n) is 4.91. The van der Waals surface area contributed by atoms with Crippen molar-refractivity contribution >= 4 is 33.7 Å². The molecular weight excluding hydrogens is 358 g/mol. The summed E-state index contributed by atoms with van der Waals surface area (Å²) in [5, 5.41) is 16.7. The van der Waals surface area contributed by atoms with E-state index in [1.807, 2.05) is 31.2 Å². The Morgan fingerprint density at radius 3 is 2.61 bits per heavy atom. The summed E-state index contributed by atoms with van der Waals surface area (Å²) >= 11 is 3.37. The fourth-order valence-corrected chi connectivity index (χ4v) is 2.20. The molecule has 0 aliphatic heterocycles. The number of hydrazone groups is 1. The summed E-state index contributed by atoms with van der Waals surface area (Å²) in [7, 11) is 0. The molecular formula is C17H18BrN3O2. The molecule has 120 valence electrons. The number of nitrogens with zero attached hydrogens (tertiary/aromatic N) is 1. The van der Waals surface area contributed by atoms with E-state index in [0.717, 1.165) is 10.2 Å². The van der Waals surface area contributed by atoms with Crippen LogP contribution in [0.3, 0.4) is 0 Å². The molecule has 1 atom stereocenters. The molecule has 0 aliphatic rings. The number of nitrogens with one attached hydrogen (secondary N) is 2. The zero-order chi connectivity index (χ0) is 16.7. The highest BCUT2D eigenvalue weighted by Crippen LogP contribution is 2.16. The van der Waals surface area contributed by atoms with Gasteiger partial charge in [-0.1, -0.05) is 35.0 Å². The summed E-state index contributed by atoms with van der Waals surface area (Å²) < 4.78 is 0.979. The Hall–Kier alpha value is -2.34. The second kappa shape index (κ2) is 8.33. The maximum Gasteiger partial charge on any atom is 0.262 e. The predicted molar refractivity (Wildman–Crippen MR) is 95.7 cm³/mol. The maximum atomic E-state index is 12.2. The first-order valence-corrected chi connectivity index (χ1v) is 8.02. The van der Waals surface area contributed by atoms with Gasteiger partial charge >= 0.3 is 0 Å². The Morgan fingerprint density at radius 2 is 1.96 bits per heavy atom. The molecule has 0 radical (unpaired) electrons. The first-order chi connectivity index (χ1) is 11.1. The molecule has 0 unspecified atom stereocenters. The van der Waals surface area contributed by atoms with Crippen LogP contribution >= 0.6 is 15.9 Å².